The summed E-state index contributed by atoms with van der Waals surface area (Å²) in [7, 11) is -2.70. The number of benzene rings is 1. The molecule has 0 aliphatic carbocycles. The second-order valence-electron chi connectivity index (χ2n) is 2.30. The molecule has 0 atom stereocenters. The Balaban J connectivity index is 3.41. The molecule has 0 aromatic heterocycles. The Bertz CT molecular complexity index is 416. The Morgan fingerprint density at radius 2 is 2.08 bits per heavy atom. The number of sulfonamides is 1. The Morgan fingerprint density at radius 3 is 2.54 bits per heavy atom. The van der Waals surface area contributed by atoms with Gasteiger partial charge in [-0.3, -0.25) is 0 Å². The Hall–Kier alpha value is -0.780. The van der Waals surface area contributed by atoms with Crippen molar-refractivity contribution < 1.29 is 13.2 Å². The summed E-state index contributed by atoms with van der Waals surface area (Å²) < 4.78 is 26.6. The van der Waals surface area contributed by atoms with Gasteiger partial charge in [-0.05, 0) is 18.2 Å². The van der Waals surface area contributed by atoms with Crippen molar-refractivity contribution in [2.75, 3.05) is 7.11 Å². The van der Waals surface area contributed by atoms with Gasteiger partial charge in [0.2, 0.25) is 0 Å². The SMILES string of the molecule is COc1ccc(Cl)cc1S([NH])(=O)=O. The zero-order valence-electron chi connectivity index (χ0n) is 6.74. The van der Waals surface area contributed by atoms with E-state index in [9.17, 15) is 8.42 Å². The van der Waals surface area contributed by atoms with Crippen LogP contribution in [0.4, 0.5) is 0 Å². The summed E-state index contributed by atoms with van der Waals surface area (Å²) in [6.45, 7) is 0. The summed E-state index contributed by atoms with van der Waals surface area (Å²) in [5, 5.41) is 7.10. The fraction of sp³-hybridized carbons (Fsp3) is 0.143. The first-order chi connectivity index (χ1) is 5.95. The van der Waals surface area contributed by atoms with Gasteiger partial charge in [0, 0.05) is 5.02 Å². The molecule has 0 unspecified atom stereocenters. The van der Waals surface area contributed by atoms with Gasteiger partial charge in [-0.2, -0.15) is 0 Å². The number of ether oxygens (including phenoxy) is 1. The van der Waals surface area contributed by atoms with Crippen LogP contribution in [0.25, 0.3) is 0 Å². The molecule has 13 heavy (non-hydrogen) atoms. The highest BCUT2D eigenvalue weighted by Gasteiger charge is 2.15. The number of nitrogens with one attached hydrogen (secondary N) is 1. The average Bonchev–Trinajstić information content (AvgIpc) is 2.03. The molecule has 0 fully saturated rings. The molecule has 0 saturated heterocycles. The Labute approximate surface area is 81.3 Å². The van der Waals surface area contributed by atoms with Crippen LogP contribution in [-0.4, -0.2) is 15.5 Å². The van der Waals surface area contributed by atoms with E-state index in [1.807, 2.05) is 0 Å². The first-order valence-electron chi connectivity index (χ1n) is 3.28. The molecular weight excluding hydrogens is 214 g/mol. The molecule has 71 valence electrons. The molecule has 0 amide bonds. The van der Waals surface area contributed by atoms with E-state index in [2.05, 4.69) is 0 Å². The molecule has 1 N–H and O–H groups in total. The molecule has 1 aromatic carbocycles. The number of methoxy groups -OCH3 is 1. The van der Waals surface area contributed by atoms with Gasteiger partial charge in [-0.25, -0.2) is 8.42 Å². The zero-order valence-corrected chi connectivity index (χ0v) is 8.32. The third-order valence-electron chi connectivity index (χ3n) is 1.42. The van der Waals surface area contributed by atoms with Crippen molar-refractivity contribution in [2.45, 2.75) is 4.90 Å². The highest BCUT2D eigenvalue weighted by Crippen LogP contribution is 2.26. The van der Waals surface area contributed by atoms with Gasteiger partial charge in [0.1, 0.15) is 10.6 Å². The smallest absolute Gasteiger partial charge is 0.257 e. The van der Waals surface area contributed by atoms with Crippen LogP contribution >= 0.6 is 11.6 Å². The van der Waals surface area contributed by atoms with Crippen LogP contribution < -0.4 is 9.88 Å². The lowest BCUT2D eigenvalue weighted by Crippen LogP contribution is -2.03. The maximum atomic E-state index is 10.9. The van der Waals surface area contributed by atoms with Crippen molar-refractivity contribution in [1.29, 1.82) is 0 Å². The van der Waals surface area contributed by atoms with Crippen LogP contribution in [0.5, 0.6) is 5.75 Å². The summed E-state index contributed by atoms with van der Waals surface area (Å²) in [5.74, 6) is 0.124. The van der Waals surface area contributed by atoms with Gasteiger partial charge >= 0.3 is 0 Å². The van der Waals surface area contributed by atoms with Crippen LogP contribution in [0.3, 0.4) is 0 Å². The molecule has 0 heterocycles. The van der Waals surface area contributed by atoms with Crippen molar-refractivity contribution in [3.8, 4) is 5.75 Å². The first-order valence-corrected chi connectivity index (χ1v) is 5.14. The maximum absolute atomic E-state index is 10.9. The lowest BCUT2D eigenvalue weighted by molar-refractivity contribution is 0.402. The molecule has 0 saturated carbocycles. The number of rotatable bonds is 2. The molecule has 6 heteroatoms. The fourth-order valence-corrected chi connectivity index (χ4v) is 1.80. The van der Waals surface area contributed by atoms with E-state index in [0.29, 0.717) is 0 Å². The van der Waals surface area contributed by atoms with Crippen molar-refractivity contribution in [1.82, 2.24) is 5.14 Å². The van der Waals surface area contributed by atoms with Gasteiger partial charge in [0.25, 0.3) is 10.0 Å². The topological polar surface area (TPSA) is 67.2 Å². The fourth-order valence-electron chi connectivity index (χ4n) is 0.861. The Morgan fingerprint density at radius 1 is 1.46 bits per heavy atom. The summed E-state index contributed by atoms with van der Waals surface area (Å²) >= 11 is 5.58. The molecule has 0 aliphatic heterocycles. The van der Waals surface area contributed by atoms with Gasteiger partial charge in [0.05, 0.1) is 7.11 Å². The zero-order chi connectivity index (χ0) is 10.1. The molecule has 1 radical (unpaired) electrons. The molecule has 0 spiro atoms. The lowest BCUT2D eigenvalue weighted by atomic mass is 10.3. The summed E-state index contributed by atoms with van der Waals surface area (Å²) in [6.07, 6.45) is 0. The lowest BCUT2D eigenvalue weighted by Gasteiger charge is -2.05. The maximum Gasteiger partial charge on any atom is 0.257 e. The third-order valence-corrected chi connectivity index (χ3v) is 2.55. The second-order valence-corrected chi connectivity index (χ2v) is 4.18. The average molecular weight is 221 g/mol. The van der Waals surface area contributed by atoms with E-state index in [-0.39, 0.29) is 15.7 Å². The largest absolute Gasteiger partial charge is 0.495 e. The highest BCUT2D eigenvalue weighted by atomic mass is 35.5. The van der Waals surface area contributed by atoms with Gasteiger partial charge in [-0.15, -0.1) is 5.14 Å². The summed E-state index contributed by atoms with van der Waals surface area (Å²) in [4.78, 5) is -0.220. The summed E-state index contributed by atoms with van der Waals surface area (Å²) in [5.41, 5.74) is 0. The van der Waals surface area contributed by atoms with E-state index < -0.39 is 10.0 Å². The number of hydrogen-bond donors (Lipinski definition) is 0. The van der Waals surface area contributed by atoms with Crippen molar-refractivity contribution >= 4 is 21.6 Å². The Kier molecular flexibility index (Phi) is 2.80. The normalized spacial score (nSPS) is 11.3. The van der Waals surface area contributed by atoms with Crippen molar-refractivity contribution in [3.63, 3.8) is 0 Å². The van der Waals surface area contributed by atoms with Crippen LogP contribution in [0.15, 0.2) is 23.1 Å². The second kappa shape index (κ2) is 3.53. The first kappa shape index (κ1) is 10.3. The van der Waals surface area contributed by atoms with Gasteiger partial charge in [-0.1, -0.05) is 11.6 Å². The standard InChI is InChI=1S/C7H7ClNO3S/c1-12-6-3-2-5(8)4-7(6)13(9,10)11/h2-4,9H,1H3. The molecule has 1 rings (SSSR count). The van der Waals surface area contributed by atoms with Gasteiger partial charge in [0.15, 0.2) is 0 Å². The van der Waals surface area contributed by atoms with Crippen LogP contribution in [0, 0.1) is 0 Å². The molecular formula is C7H7ClNO3S. The van der Waals surface area contributed by atoms with Crippen LogP contribution in [-0.2, 0) is 10.0 Å². The summed E-state index contributed by atoms with van der Waals surface area (Å²) in [6, 6.07) is 4.08. The quantitative estimate of drug-likeness (QED) is 0.755. The van der Waals surface area contributed by atoms with E-state index in [0.717, 1.165) is 0 Å². The van der Waals surface area contributed by atoms with Gasteiger partial charge < -0.3 is 4.74 Å². The van der Waals surface area contributed by atoms with E-state index in [1.54, 1.807) is 0 Å². The van der Waals surface area contributed by atoms with E-state index in [1.165, 1.54) is 25.3 Å². The minimum atomic E-state index is -4.03. The molecule has 4 nitrogen and oxygen atoms in total. The van der Waals surface area contributed by atoms with E-state index in [4.69, 9.17) is 21.5 Å². The van der Waals surface area contributed by atoms with Crippen molar-refractivity contribution in [3.05, 3.63) is 23.2 Å². The number of hydrogen-bond acceptors (Lipinski definition) is 3. The molecule has 1 aromatic rings. The monoisotopic (exact) mass is 220 g/mol. The van der Waals surface area contributed by atoms with Crippen LogP contribution in [0.1, 0.15) is 0 Å². The highest BCUT2D eigenvalue weighted by molar-refractivity contribution is 7.89. The van der Waals surface area contributed by atoms with Crippen molar-refractivity contribution in [2.24, 2.45) is 0 Å². The molecule has 0 aliphatic rings. The minimum Gasteiger partial charge on any atom is -0.495 e. The van der Waals surface area contributed by atoms with E-state index >= 15 is 0 Å². The number of halogens is 1. The van der Waals surface area contributed by atoms with Crippen LogP contribution in [0.2, 0.25) is 5.02 Å². The molecule has 0 bridgehead atoms. The predicted molar refractivity (Wildman–Crippen MR) is 48.3 cm³/mol. The minimum absolute atomic E-state index is 0.124. The predicted octanol–water partition coefficient (Wildman–Crippen LogP) is 1.32. The third kappa shape index (κ3) is 2.33.